The minimum atomic E-state index is -3.69. The van der Waals surface area contributed by atoms with Gasteiger partial charge in [0.2, 0.25) is 10.0 Å². The molecule has 3 rings (SSSR count). The van der Waals surface area contributed by atoms with Crippen molar-refractivity contribution >= 4 is 15.9 Å². The molecule has 1 atom stereocenters. The van der Waals surface area contributed by atoms with Gasteiger partial charge in [0.25, 0.3) is 5.91 Å². The van der Waals surface area contributed by atoms with Crippen LogP contribution in [0.5, 0.6) is 0 Å². The van der Waals surface area contributed by atoms with E-state index < -0.39 is 10.0 Å². The maximum absolute atomic E-state index is 12.7. The first-order chi connectivity index (χ1) is 13.9. The number of hydrogen-bond acceptors (Lipinski definition) is 5. The third-order valence-corrected chi connectivity index (χ3v) is 6.37. The molecule has 1 aromatic heterocycles. The minimum absolute atomic E-state index is 0.0451. The lowest BCUT2D eigenvalue weighted by atomic mass is 10.1. The van der Waals surface area contributed by atoms with E-state index >= 15 is 0 Å². The van der Waals surface area contributed by atoms with Gasteiger partial charge in [-0.15, -0.1) is 6.58 Å². The highest BCUT2D eigenvalue weighted by molar-refractivity contribution is 7.89. The molecule has 0 saturated carbocycles. The second-order valence-electron chi connectivity index (χ2n) is 7.09. The van der Waals surface area contributed by atoms with Crippen LogP contribution in [0.1, 0.15) is 40.8 Å². The summed E-state index contributed by atoms with van der Waals surface area (Å²) in [5.74, 6) is 1.34. The standard InChI is InChI=1S/C21H27N3O4S/c1-3-11-23-29(26,27)18-8-6-7-17(14-18)21(25)22-15-19(24-12-4-5-13-24)20-10-9-16(2)28-20/h3,6-10,14,19,23H,1,4-5,11-13,15H2,2H3,(H,22,25)/t19-/m0/s1. The molecule has 1 aliphatic rings. The Hall–Kier alpha value is -2.42. The van der Waals surface area contributed by atoms with E-state index in [-0.39, 0.29) is 23.4 Å². The molecule has 0 radical (unpaired) electrons. The van der Waals surface area contributed by atoms with Crippen molar-refractivity contribution in [3.8, 4) is 0 Å². The quantitative estimate of drug-likeness (QED) is 0.612. The van der Waals surface area contributed by atoms with E-state index in [1.54, 1.807) is 12.1 Å². The van der Waals surface area contributed by atoms with Crippen LogP contribution in [0.3, 0.4) is 0 Å². The summed E-state index contributed by atoms with van der Waals surface area (Å²) in [5.41, 5.74) is 0.294. The third-order valence-electron chi connectivity index (χ3n) is 4.95. The number of hydrogen-bond donors (Lipinski definition) is 2. The third kappa shape index (κ3) is 5.35. The Kier molecular flexibility index (Phi) is 6.89. The predicted octanol–water partition coefficient (Wildman–Crippen LogP) is 2.62. The second kappa shape index (κ2) is 9.39. The second-order valence-corrected chi connectivity index (χ2v) is 8.85. The van der Waals surface area contributed by atoms with Crippen LogP contribution in [0.25, 0.3) is 0 Å². The fraction of sp³-hybridized carbons (Fsp3) is 0.381. The lowest BCUT2D eigenvalue weighted by molar-refractivity contribution is 0.0933. The van der Waals surface area contributed by atoms with Gasteiger partial charge in [-0.2, -0.15) is 0 Å². The van der Waals surface area contributed by atoms with Crippen molar-refractivity contribution in [1.29, 1.82) is 0 Å². The molecule has 0 spiro atoms. The van der Waals surface area contributed by atoms with E-state index in [1.165, 1.54) is 18.2 Å². The number of benzene rings is 1. The van der Waals surface area contributed by atoms with Crippen molar-refractivity contribution in [2.45, 2.75) is 30.7 Å². The molecule has 8 heteroatoms. The van der Waals surface area contributed by atoms with Gasteiger partial charge < -0.3 is 9.73 Å². The highest BCUT2D eigenvalue weighted by Crippen LogP contribution is 2.26. The fourth-order valence-electron chi connectivity index (χ4n) is 3.44. The van der Waals surface area contributed by atoms with Crippen molar-refractivity contribution in [2.24, 2.45) is 0 Å². The molecule has 2 heterocycles. The largest absolute Gasteiger partial charge is 0.465 e. The summed E-state index contributed by atoms with van der Waals surface area (Å²) in [7, 11) is -3.69. The van der Waals surface area contributed by atoms with Crippen molar-refractivity contribution in [2.75, 3.05) is 26.2 Å². The summed E-state index contributed by atoms with van der Waals surface area (Å²) in [4.78, 5) is 15.1. The van der Waals surface area contributed by atoms with E-state index in [1.807, 2.05) is 19.1 Å². The zero-order valence-corrected chi connectivity index (χ0v) is 17.4. The number of rotatable bonds is 9. The van der Waals surface area contributed by atoms with Gasteiger partial charge in [0.1, 0.15) is 11.5 Å². The number of carbonyl (C=O) groups is 1. The SMILES string of the molecule is C=CCNS(=O)(=O)c1cccc(C(=O)NC[C@@H](c2ccc(C)o2)N2CCCC2)c1. The molecular formula is C21H27N3O4S. The maximum Gasteiger partial charge on any atom is 0.251 e. The van der Waals surface area contributed by atoms with Gasteiger partial charge in [-0.1, -0.05) is 12.1 Å². The molecule has 29 heavy (non-hydrogen) atoms. The van der Waals surface area contributed by atoms with Crippen LogP contribution >= 0.6 is 0 Å². The van der Waals surface area contributed by atoms with Gasteiger partial charge in [-0.25, -0.2) is 13.1 Å². The Bertz CT molecular complexity index is 962. The number of nitrogens with zero attached hydrogens (tertiary/aromatic N) is 1. The highest BCUT2D eigenvalue weighted by atomic mass is 32.2. The number of likely N-dealkylation sites (tertiary alicyclic amines) is 1. The van der Waals surface area contributed by atoms with Gasteiger partial charge >= 0.3 is 0 Å². The van der Waals surface area contributed by atoms with E-state index in [0.29, 0.717) is 12.1 Å². The number of aryl methyl sites for hydroxylation is 1. The van der Waals surface area contributed by atoms with Crippen molar-refractivity contribution < 1.29 is 17.6 Å². The Morgan fingerprint density at radius 2 is 2.03 bits per heavy atom. The summed E-state index contributed by atoms with van der Waals surface area (Å²) in [6.07, 6.45) is 3.71. The van der Waals surface area contributed by atoms with E-state index in [4.69, 9.17) is 4.42 Å². The number of carbonyl (C=O) groups excluding carboxylic acids is 1. The molecule has 7 nitrogen and oxygen atoms in total. The number of amides is 1. The molecule has 1 saturated heterocycles. The monoisotopic (exact) mass is 417 g/mol. The van der Waals surface area contributed by atoms with E-state index in [0.717, 1.165) is 37.5 Å². The van der Waals surface area contributed by atoms with Gasteiger partial charge in [-0.3, -0.25) is 9.69 Å². The number of nitrogens with one attached hydrogen (secondary N) is 2. The lowest BCUT2D eigenvalue weighted by Crippen LogP contribution is -2.36. The van der Waals surface area contributed by atoms with Crippen LogP contribution in [-0.4, -0.2) is 45.4 Å². The molecule has 2 N–H and O–H groups in total. The molecule has 0 unspecified atom stereocenters. The Morgan fingerprint density at radius 1 is 1.28 bits per heavy atom. The van der Waals surface area contributed by atoms with Crippen LogP contribution in [0.2, 0.25) is 0 Å². The zero-order valence-electron chi connectivity index (χ0n) is 16.6. The van der Waals surface area contributed by atoms with Crippen LogP contribution in [0.15, 0.2) is 58.4 Å². The summed E-state index contributed by atoms with van der Waals surface area (Å²) in [6, 6.07) is 9.82. The van der Waals surface area contributed by atoms with Gasteiger partial charge in [-0.05, 0) is 63.2 Å². The Balaban J connectivity index is 1.72. The predicted molar refractivity (Wildman–Crippen MR) is 111 cm³/mol. The van der Waals surface area contributed by atoms with Gasteiger partial charge in [0, 0.05) is 18.7 Å². The first kappa shape index (κ1) is 21.3. The first-order valence-electron chi connectivity index (χ1n) is 9.70. The molecular weight excluding hydrogens is 390 g/mol. The number of furan rings is 1. The van der Waals surface area contributed by atoms with Crippen LogP contribution in [0.4, 0.5) is 0 Å². The maximum atomic E-state index is 12.7. The molecule has 1 fully saturated rings. The smallest absolute Gasteiger partial charge is 0.251 e. The lowest BCUT2D eigenvalue weighted by Gasteiger charge is -2.26. The van der Waals surface area contributed by atoms with Crippen molar-refractivity contribution in [3.05, 3.63) is 66.1 Å². The van der Waals surface area contributed by atoms with Crippen LogP contribution in [0, 0.1) is 6.92 Å². The molecule has 2 aromatic rings. The van der Waals surface area contributed by atoms with Crippen LogP contribution < -0.4 is 10.0 Å². The molecule has 1 aromatic carbocycles. The molecule has 1 aliphatic heterocycles. The van der Waals surface area contributed by atoms with Crippen molar-refractivity contribution in [3.63, 3.8) is 0 Å². The zero-order chi connectivity index (χ0) is 20.9. The van der Waals surface area contributed by atoms with Gasteiger partial charge in [0.05, 0.1) is 10.9 Å². The molecule has 156 valence electrons. The first-order valence-corrected chi connectivity index (χ1v) is 11.2. The Morgan fingerprint density at radius 3 is 2.69 bits per heavy atom. The van der Waals surface area contributed by atoms with Crippen molar-refractivity contribution in [1.82, 2.24) is 14.9 Å². The summed E-state index contributed by atoms with van der Waals surface area (Å²) in [5, 5.41) is 2.93. The normalized spacial score (nSPS) is 15.9. The van der Waals surface area contributed by atoms with Gasteiger partial charge in [0.15, 0.2) is 0 Å². The van der Waals surface area contributed by atoms with E-state index in [2.05, 4.69) is 21.5 Å². The van der Waals surface area contributed by atoms with Crippen LogP contribution in [-0.2, 0) is 10.0 Å². The molecule has 0 aliphatic carbocycles. The minimum Gasteiger partial charge on any atom is -0.465 e. The average molecular weight is 418 g/mol. The molecule has 1 amide bonds. The number of sulfonamides is 1. The Labute approximate surface area is 171 Å². The summed E-state index contributed by atoms with van der Waals surface area (Å²) < 4.78 is 32.8. The van der Waals surface area contributed by atoms with E-state index in [9.17, 15) is 13.2 Å². The topological polar surface area (TPSA) is 91.6 Å². The summed E-state index contributed by atoms with van der Waals surface area (Å²) in [6.45, 7) is 7.83. The average Bonchev–Trinajstić information content (AvgIpc) is 3.39. The fourth-order valence-corrected chi connectivity index (χ4v) is 4.49. The summed E-state index contributed by atoms with van der Waals surface area (Å²) >= 11 is 0. The highest BCUT2D eigenvalue weighted by Gasteiger charge is 2.26. The molecule has 0 bridgehead atoms.